The van der Waals surface area contributed by atoms with Crippen LogP contribution in [0, 0.1) is 0 Å². The molecule has 0 bridgehead atoms. The van der Waals surface area contributed by atoms with Gasteiger partial charge >= 0.3 is 11.9 Å². The molecule has 0 saturated heterocycles. The van der Waals surface area contributed by atoms with Crippen LogP contribution in [0.15, 0.2) is 72.8 Å². The van der Waals surface area contributed by atoms with E-state index < -0.39 is 42.5 Å². The van der Waals surface area contributed by atoms with Gasteiger partial charge in [0.05, 0.1) is 11.1 Å². The first kappa shape index (κ1) is 20.7. The Hall–Kier alpha value is -3.00. The fraction of sp³-hybridized carbons (Fsp3) is 0.273. The second kappa shape index (κ2) is 9.00. The Morgan fingerprint density at radius 3 is 2.03 bits per heavy atom. The summed E-state index contributed by atoms with van der Waals surface area (Å²) in [6.07, 6.45) is -0.782. The number of benzene rings is 2. The molecule has 7 nitrogen and oxygen atoms in total. The molecule has 0 radical (unpaired) electrons. The third kappa shape index (κ3) is 4.54. The molecular weight excluding hydrogens is 376 g/mol. The fourth-order valence-corrected chi connectivity index (χ4v) is 3.09. The highest BCUT2D eigenvalue weighted by Crippen LogP contribution is 2.29. The van der Waals surface area contributed by atoms with Crippen molar-refractivity contribution in [2.75, 3.05) is 13.7 Å². The minimum atomic E-state index is -2.00. The lowest BCUT2D eigenvalue weighted by Gasteiger charge is -2.42. The predicted molar refractivity (Wildman–Crippen MR) is 103 cm³/mol. The van der Waals surface area contributed by atoms with Crippen molar-refractivity contribution in [3.63, 3.8) is 0 Å². The number of carbonyl (C=O) groups is 2. The van der Waals surface area contributed by atoms with Gasteiger partial charge < -0.3 is 24.4 Å². The summed E-state index contributed by atoms with van der Waals surface area (Å²) in [5.41, 5.74) is -1.39. The number of hydrogen-bond donors (Lipinski definition) is 2. The molecule has 29 heavy (non-hydrogen) atoms. The lowest BCUT2D eigenvalue weighted by atomic mass is 9.82. The standard InChI is InChI=1S/C22H22O7/c1-27-18-13-12-17(29-21(25)16-10-6-3-7-11-16)19(23)22(18,26)14-28-20(24)15-8-4-2-5-9-15/h2-13,17-19,23,26H,14H2,1H3/t17-,18+,19+,22-/m1/s1. The summed E-state index contributed by atoms with van der Waals surface area (Å²) >= 11 is 0. The molecule has 0 aromatic heterocycles. The highest BCUT2D eigenvalue weighted by molar-refractivity contribution is 5.90. The number of carbonyl (C=O) groups excluding carboxylic acids is 2. The number of aliphatic hydroxyl groups excluding tert-OH is 1. The second-order valence-corrected chi connectivity index (χ2v) is 6.66. The highest BCUT2D eigenvalue weighted by Gasteiger charge is 2.51. The van der Waals surface area contributed by atoms with Crippen LogP contribution in [0.4, 0.5) is 0 Å². The molecule has 2 aromatic rings. The van der Waals surface area contributed by atoms with Gasteiger partial charge in [-0.3, -0.25) is 0 Å². The van der Waals surface area contributed by atoms with Gasteiger partial charge in [-0.25, -0.2) is 9.59 Å². The highest BCUT2D eigenvalue weighted by atomic mass is 16.6. The number of aliphatic hydroxyl groups is 2. The van der Waals surface area contributed by atoms with Crippen LogP contribution in [0.5, 0.6) is 0 Å². The molecule has 1 aliphatic carbocycles. The molecule has 7 heteroatoms. The van der Waals surface area contributed by atoms with Gasteiger partial charge in [0.2, 0.25) is 0 Å². The first-order chi connectivity index (χ1) is 14.0. The van der Waals surface area contributed by atoms with Crippen LogP contribution in [-0.4, -0.2) is 59.8 Å². The maximum Gasteiger partial charge on any atom is 0.338 e. The Kier molecular flexibility index (Phi) is 6.43. The molecule has 0 aliphatic heterocycles. The minimum absolute atomic E-state index is 0.304. The second-order valence-electron chi connectivity index (χ2n) is 6.66. The van der Waals surface area contributed by atoms with Gasteiger partial charge in [0.25, 0.3) is 0 Å². The van der Waals surface area contributed by atoms with Crippen LogP contribution in [0.1, 0.15) is 20.7 Å². The fourth-order valence-electron chi connectivity index (χ4n) is 3.09. The van der Waals surface area contributed by atoms with E-state index in [4.69, 9.17) is 14.2 Å². The van der Waals surface area contributed by atoms with E-state index in [1.807, 2.05) is 0 Å². The van der Waals surface area contributed by atoms with E-state index in [9.17, 15) is 19.8 Å². The molecule has 0 amide bonds. The van der Waals surface area contributed by atoms with Crippen LogP contribution in [0.2, 0.25) is 0 Å². The summed E-state index contributed by atoms with van der Waals surface area (Å²) in [5, 5.41) is 21.8. The van der Waals surface area contributed by atoms with Gasteiger partial charge in [-0.05, 0) is 30.3 Å². The van der Waals surface area contributed by atoms with Crippen LogP contribution >= 0.6 is 0 Å². The first-order valence-corrected chi connectivity index (χ1v) is 9.05. The summed E-state index contributed by atoms with van der Waals surface area (Å²) < 4.78 is 15.8. The average Bonchev–Trinajstić information content (AvgIpc) is 2.76. The summed E-state index contributed by atoms with van der Waals surface area (Å²) in [6.45, 7) is -0.551. The van der Waals surface area contributed by atoms with E-state index in [0.717, 1.165) is 0 Å². The minimum Gasteiger partial charge on any atom is -0.459 e. The molecule has 1 aliphatic rings. The molecule has 0 fully saturated rings. The van der Waals surface area contributed by atoms with Crippen LogP contribution in [0.3, 0.4) is 0 Å². The molecular formula is C22H22O7. The van der Waals surface area contributed by atoms with Gasteiger partial charge in [0.15, 0.2) is 5.60 Å². The zero-order chi connectivity index (χ0) is 20.9. The number of rotatable bonds is 6. The molecule has 2 aromatic carbocycles. The lowest BCUT2D eigenvalue weighted by molar-refractivity contribution is -0.189. The molecule has 0 unspecified atom stereocenters. The number of esters is 2. The number of ether oxygens (including phenoxy) is 3. The van der Waals surface area contributed by atoms with E-state index in [-0.39, 0.29) is 0 Å². The Morgan fingerprint density at radius 1 is 0.931 bits per heavy atom. The van der Waals surface area contributed by atoms with Crippen LogP contribution in [-0.2, 0) is 14.2 Å². The molecule has 152 valence electrons. The van der Waals surface area contributed by atoms with E-state index >= 15 is 0 Å². The molecule has 0 spiro atoms. The third-order valence-electron chi connectivity index (χ3n) is 4.74. The Morgan fingerprint density at radius 2 is 1.48 bits per heavy atom. The van der Waals surface area contributed by atoms with Gasteiger partial charge in [-0.15, -0.1) is 0 Å². The monoisotopic (exact) mass is 398 g/mol. The summed E-state index contributed by atoms with van der Waals surface area (Å²) in [7, 11) is 1.35. The van der Waals surface area contributed by atoms with Crippen LogP contribution in [0.25, 0.3) is 0 Å². The van der Waals surface area contributed by atoms with Gasteiger partial charge in [-0.2, -0.15) is 0 Å². The van der Waals surface area contributed by atoms with E-state index in [0.29, 0.717) is 11.1 Å². The zero-order valence-corrected chi connectivity index (χ0v) is 15.8. The summed E-state index contributed by atoms with van der Waals surface area (Å²) in [5.74, 6) is -1.31. The van der Waals surface area contributed by atoms with Crippen molar-refractivity contribution >= 4 is 11.9 Å². The Labute approximate surface area is 168 Å². The Bertz CT molecular complexity index is 865. The number of methoxy groups -OCH3 is 1. The first-order valence-electron chi connectivity index (χ1n) is 9.05. The predicted octanol–water partition coefficient (Wildman–Crippen LogP) is 1.75. The van der Waals surface area contributed by atoms with Gasteiger partial charge in [0.1, 0.15) is 24.9 Å². The van der Waals surface area contributed by atoms with Crippen molar-refractivity contribution in [1.29, 1.82) is 0 Å². The molecule has 3 rings (SSSR count). The molecule has 0 heterocycles. The number of hydrogen-bond acceptors (Lipinski definition) is 7. The quantitative estimate of drug-likeness (QED) is 0.564. The van der Waals surface area contributed by atoms with Gasteiger partial charge in [0, 0.05) is 7.11 Å². The maximum absolute atomic E-state index is 12.3. The van der Waals surface area contributed by atoms with Crippen molar-refractivity contribution in [1.82, 2.24) is 0 Å². The van der Waals surface area contributed by atoms with Crippen molar-refractivity contribution in [3.05, 3.63) is 83.9 Å². The van der Waals surface area contributed by atoms with E-state index in [1.54, 1.807) is 60.7 Å². The molecule has 2 N–H and O–H groups in total. The third-order valence-corrected chi connectivity index (χ3v) is 4.74. The SMILES string of the molecule is CO[C@H]1C=C[C@@H](OC(=O)c2ccccc2)[C@H](O)[C@@]1(O)COC(=O)c1ccccc1. The average molecular weight is 398 g/mol. The van der Waals surface area contributed by atoms with E-state index in [2.05, 4.69) is 0 Å². The van der Waals surface area contributed by atoms with Crippen molar-refractivity contribution < 1.29 is 34.0 Å². The van der Waals surface area contributed by atoms with Crippen LogP contribution < -0.4 is 0 Å². The van der Waals surface area contributed by atoms with Crippen molar-refractivity contribution in [3.8, 4) is 0 Å². The maximum atomic E-state index is 12.3. The van der Waals surface area contributed by atoms with Crippen molar-refractivity contribution in [2.24, 2.45) is 0 Å². The van der Waals surface area contributed by atoms with Crippen molar-refractivity contribution in [2.45, 2.75) is 23.9 Å². The smallest absolute Gasteiger partial charge is 0.338 e. The molecule has 0 saturated carbocycles. The largest absolute Gasteiger partial charge is 0.459 e. The Balaban J connectivity index is 1.73. The van der Waals surface area contributed by atoms with E-state index in [1.165, 1.54) is 19.3 Å². The zero-order valence-electron chi connectivity index (χ0n) is 15.8. The lowest BCUT2D eigenvalue weighted by Crippen LogP contribution is -2.62. The molecule has 4 atom stereocenters. The summed E-state index contributed by atoms with van der Waals surface area (Å²) in [6, 6.07) is 16.5. The summed E-state index contributed by atoms with van der Waals surface area (Å²) in [4.78, 5) is 24.5. The van der Waals surface area contributed by atoms with Gasteiger partial charge in [-0.1, -0.05) is 42.5 Å². The topological polar surface area (TPSA) is 102 Å². The normalized spacial score (nSPS) is 26.0.